The lowest BCUT2D eigenvalue weighted by Gasteiger charge is -2.22. The number of fused-ring (bicyclic) bond motifs is 2. The van der Waals surface area contributed by atoms with Gasteiger partial charge in [0.15, 0.2) is 0 Å². The van der Waals surface area contributed by atoms with Crippen molar-refractivity contribution < 1.29 is 0 Å². The molecule has 1 aromatic carbocycles. The lowest BCUT2D eigenvalue weighted by molar-refractivity contribution is 0.590. The van der Waals surface area contributed by atoms with E-state index in [0.29, 0.717) is 0 Å². The van der Waals surface area contributed by atoms with Crippen LogP contribution in [0.15, 0.2) is 48.3 Å². The first-order chi connectivity index (χ1) is 9.93. The Bertz CT molecular complexity index is 696. The quantitative estimate of drug-likeness (QED) is 0.649. The Balaban J connectivity index is 2.00. The van der Waals surface area contributed by atoms with Gasteiger partial charge in [-0.1, -0.05) is 24.3 Å². The molecule has 4 rings (SSSR count). The average Bonchev–Trinajstić information content (AvgIpc) is 2.90. The number of hydrogen-bond donors (Lipinski definition) is 1. The molecule has 2 aromatic rings. The Morgan fingerprint density at radius 1 is 1.00 bits per heavy atom. The minimum atomic E-state index is 1.09. The van der Waals surface area contributed by atoms with Gasteiger partial charge in [0.2, 0.25) is 0 Å². The molecule has 0 unspecified atom stereocenters. The first kappa shape index (κ1) is 11.6. The van der Waals surface area contributed by atoms with E-state index in [1.165, 1.54) is 40.9 Å². The van der Waals surface area contributed by atoms with E-state index in [2.05, 4.69) is 64.8 Å². The van der Waals surface area contributed by atoms with E-state index in [9.17, 15) is 0 Å². The number of piperidine rings is 1. The van der Waals surface area contributed by atoms with Gasteiger partial charge < -0.3 is 9.88 Å². The molecule has 2 aliphatic rings. The van der Waals surface area contributed by atoms with Crippen molar-refractivity contribution in [1.82, 2.24) is 9.88 Å². The highest BCUT2D eigenvalue weighted by Gasteiger charge is 2.20. The molecule has 2 heteroatoms. The molecule has 1 fully saturated rings. The molecule has 0 atom stereocenters. The van der Waals surface area contributed by atoms with Crippen LogP contribution in [-0.4, -0.2) is 11.1 Å². The average molecular weight is 262 g/mol. The summed E-state index contributed by atoms with van der Waals surface area (Å²) in [6.07, 6.45) is 10.2. The van der Waals surface area contributed by atoms with E-state index in [1.54, 1.807) is 0 Å². The van der Waals surface area contributed by atoms with Crippen molar-refractivity contribution in [2.75, 3.05) is 6.54 Å². The maximum Gasteiger partial charge on any atom is 0.0545 e. The van der Waals surface area contributed by atoms with E-state index in [0.717, 1.165) is 13.0 Å². The molecule has 0 amide bonds. The minimum Gasteiger partial charge on any atom is -0.388 e. The molecule has 2 aliphatic heterocycles. The number of benzene rings is 1. The Hall–Kier alpha value is -2.22. The number of nitrogens with one attached hydrogen (secondary N) is 1. The monoisotopic (exact) mass is 262 g/mol. The van der Waals surface area contributed by atoms with Gasteiger partial charge in [-0.15, -0.1) is 0 Å². The highest BCUT2D eigenvalue weighted by Crippen LogP contribution is 2.34. The van der Waals surface area contributed by atoms with E-state index >= 15 is 0 Å². The number of rotatable bonds is 0. The van der Waals surface area contributed by atoms with Gasteiger partial charge in [0.05, 0.1) is 5.69 Å². The van der Waals surface area contributed by atoms with Crippen molar-refractivity contribution in [2.24, 2.45) is 0 Å². The second kappa shape index (κ2) is 4.71. The van der Waals surface area contributed by atoms with Gasteiger partial charge in [0.1, 0.15) is 0 Å². The van der Waals surface area contributed by atoms with E-state index in [1.807, 2.05) is 0 Å². The van der Waals surface area contributed by atoms with Crippen molar-refractivity contribution >= 4 is 17.8 Å². The van der Waals surface area contributed by atoms with Gasteiger partial charge in [0.25, 0.3) is 0 Å². The zero-order valence-electron chi connectivity index (χ0n) is 11.5. The molecule has 0 spiro atoms. The maximum absolute atomic E-state index is 3.63. The fraction of sp³-hybridized carbons (Fsp3) is 0.222. The molecular weight excluding hydrogens is 244 g/mol. The molecule has 0 aliphatic carbocycles. The van der Waals surface area contributed by atoms with Gasteiger partial charge >= 0.3 is 0 Å². The van der Waals surface area contributed by atoms with Crippen LogP contribution in [0.1, 0.15) is 36.1 Å². The van der Waals surface area contributed by atoms with Crippen molar-refractivity contribution in [1.29, 1.82) is 0 Å². The molecule has 100 valence electrons. The highest BCUT2D eigenvalue weighted by atomic mass is 15.0. The zero-order chi connectivity index (χ0) is 13.4. The fourth-order valence-electron chi connectivity index (χ4n) is 3.19. The first-order valence-corrected chi connectivity index (χ1v) is 7.35. The third kappa shape index (κ3) is 1.80. The normalized spacial score (nSPS) is 20.8. The predicted molar refractivity (Wildman–Crippen MR) is 84.0 cm³/mol. The molecule has 20 heavy (non-hydrogen) atoms. The maximum atomic E-state index is 3.63. The molecule has 1 N–H and O–H groups in total. The van der Waals surface area contributed by atoms with Crippen LogP contribution >= 0.6 is 0 Å². The second-order valence-corrected chi connectivity index (χ2v) is 5.44. The van der Waals surface area contributed by atoms with Crippen LogP contribution in [0.25, 0.3) is 17.8 Å². The Morgan fingerprint density at radius 2 is 1.95 bits per heavy atom. The third-order valence-corrected chi connectivity index (χ3v) is 4.17. The van der Waals surface area contributed by atoms with E-state index < -0.39 is 0 Å². The van der Waals surface area contributed by atoms with E-state index in [4.69, 9.17) is 0 Å². The molecule has 0 saturated carbocycles. The van der Waals surface area contributed by atoms with Gasteiger partial charge in [-0.25, -0.2) is 0 Å². The Kier molecular flexibility index (Phi) is 2.73. The summed E-state index contributed by atoms with van der Waals surface area (Å²) < 4.78 is 2.22. The van der Waals surface area contributed by atoms with Crippen LogP contribution in [0.5, 0.6) is 0 Å². The summed E-state index contributed by atoms with van der Waals surface area (Å²) in [6.45, 7) is 1.09. The highest BCUT2D eigenvalue weighted by molar-refractivity contribution is 5.89. The van der Waals surface area contributed by atoms with Crippen molar-refractivity contribution in [3.63, 3.8) is 0 Å². The molecule has 1 aromatic heterocycles. The van der Waals surface area contributed by atoms with Crippen LogP contribution in [-0.2, 0) is 0 Å². The van der Waals surface area contributed by atoms with E-state index in [-0.39, 0.29) is 0 Å². The lowest BCUT2D eigenvalue weighted by atomic mass is 9.93. The second-order valence-electron chi connectivity index (χ2n) is 5.44. The van der Waals surface area contributed by atoms with Gasteiger partial charge in [0, 0.05) is 30.2 Å². The largest absolute Gasteiger partial charge is 0.388 e. The number of aromatic nitrogens is 1. The van der Waals surface area contributed by atoms with Crippen LogP contribution in [0.2, 0.25) is 0 Å². The molecule has 2 nitrogen and oxygen atoms in total. The smallest absolute Gasteiger partial charge is 0.0545 e. The number of allylic oxidation sites excluding steroid dienone is 1. The van der Waals surface area contributed by atoms with Crippen molar-refractivity contribution in [3.8, 4) is 0 Å². The zero-order valence-corrected chi connectivity index (χ0v) is 11.5. The van der Waals surface area contributed by atoms with Crippen LogP contribution in [0.4, 0.5) is 0 Å². The van der Waals surface area contributed by atoms with Crippen molar-refractivity contribution in [3.05, 3.63) is 65.1 Å². The number of hydrogen-bond acceptors (Lipinski definition) is 1. The summed E-state index contributed by atoms with van der Waals surface area (Å²) in [5.74, 6) is 0. The van der Waals surface area contributed by atoms with Crippen molar-refractivity contribution in [2.45, 2.75) is 19.3 Å². The first-order valence-electron chi connectivity index (χ1n) is 7.35. The van der Waals surface area contributed by atoms with Crippen LogP contribution in [0, 0.1) is 0 Å². The molecular formula is C18H18N2. The summed E-state index contributed by atoms with van der Waals surface area (Å²) in [4.78, 5) is 0. The summed E-state index contributed by atoms with van der Waals surface area (Å²) in [5.41, 5.74) is 6.69. The fourth-order valence-corrected chi connectivity index (χ4v) is 3.19. The van der Waals surface area contributed by atoms with Crippen LogP contribution < -0.4 is 5.32 Å². The molecule has 0 radical (unpaired) electrons. The predicted octanol–water partition coefficient (Wildman–Crippen LogP) is 3.96. The Morgan fingerprint density at radius 3 is 2.85 bits per heavy atom. The van der Waals surface area contributed by atoms with Gasteiger partial charge in [-0.2, -0.15) is 0 Å². The Labute approximate surface area is 119 Å². The third-order valence-electron chi connectivity index (χ3n) is 4.17. The molecule has 1 saturated heterocycles. The molecule has 3 heterocycles. The topological polar surface area (TPSA) is 17.0 Å². The summed E-state index contributed by atoms with van der Waals surface area (Å²) in [5, 5.41) is 3.63. The molecule has 0 bridgehead atoms. The SMILES string of the molecule is C1=Cn2cccc2C(=C2CCCCN2)c2ccccc21. The van der Waals surface area contributed by atoms with Gasteiger partial charge in [-0.3, -0.25) is 0 Å². The summed E-state index contributed by atoms with van der Waals surface area (Å²) >= 11 is 0. The standard InChI is InChI=1S/C18H18N2/c1-2-7-15-14(6-1)10-13-20-12-5-9-17(20)18(15)16-8-3-4-11-19-16/h1-2,5-7,9-10,12-13,19H,3-4,8,11H2. The summed E-state index contributed by atoms with van der Waals surface area (Å²) in [7, 11) is 0. The lowest BCUT2D eigenvalue weighted by Crippen LogP contribution is -2.22. The van der Waals surface area contributed by atoms with Crippen LogP contribution in [0.3, 0.4) is 0 Å². The minimum absolute atomic E-state index is 1.09. The number of nitrogens with zero attached hydrogens (tertiary/aromatic N) is 1. The summed E-state index contributed by atoms with van der Waals surface area (Å²) in [6, 6.07) is 13.0. The van der Waals surface area contributed by atoms with Gasteiger partial charge in [-0.05, 0) is 48.6 Å².